The van der Waals surface area contributed by atoms with Crippen LogP contribution in [-0.2, 0) is 0 Å². The first-order chi connectivity index (χ1) is 5.81. The minimum Gasteiger partial charge on any atom is -0.480 e. The first-order valence-corrected chi connectivity index (χ1v) is 4.28. The highest BCUT2D eigenvalue weighted by Crippen LogP contribution is 2.17. The number of fused-ring (bicyclic) bond motifs is 1. The Labute approximate surface area is 78.1 Å². The van der Waals surface area contributed by atoms with Gasteiger partial charge in [0, 0.05) is 0 Å². The van der Waals surface area contributed by atoms with Crippen LogP contribution in [0.15, 0.2) is 29.0 Å². The van der Waals surface area contributed by atoms with Crippen molar-refractivity contribution in [1.29, 1.82) is 0 Å². The van der Waals surface area contributed by atoms with E-state index in [1.54, 1.807) is 7.11 Å². The maximum absolute atomic E-state index is 5.00. The standard InChI is InChI=1S/C8H7BrN2O/c1-12-8-5-11-6(9)3-2-4-7(11)10-8/h2-5H,1H3. The Balaban J connectivity index is 2.74. The van der Waals surface area contributed by atoms with E-state index in [9.17, 15) is 0 Å². The number of pyridine rings is 1. The monoisotopic (exact) mass is 226 g/mol. The zero-order chi connectivity index (χ0) is 8.55. The van der Waals surface area contributed by atoms with E-state index < -0.39 is 0 Å². The van der Waals surface area contributed by atoms with Crippen LogP contribution < -0.4 is 4.74 Å². The van der Waals surface area contributed by atoms with Crippen molar-refractivity contribution in [2.45, 2.75) is 0 Å². The van der Waals surface area contributed by atoms with Crippen molar-refractivity contribution >= 4 is 21.6 Å². The van der Waals surface area contributed by atoms with Gasteiger partial charge in [-0.15, -0.1) is 0 Å². The molecule has 0 bridgehead atoms. The molecule has 0 saturated heterocycles. The number of rotatable bonds is 1. The third kappa shape index (κ3) is 1.08. The molecule has 0 spiro atoms. The fraction of sp³-hybridized carbons (Fsp3) is 0.125. The van der Waals surface area contributed by atoms with Crippen molar-refractivity contribution in [3.05, 3.63) is 29.0 Å². The molecule has 0 aliphatic heterocycles. The highest BCUT2D eigenvalue weighted by atomic mass is 79.9. The molecule has 0 unspecified atom stereocenters. The Morgan fingerprint density at radius 3 is 3.00 bits per heavy atom. The molecule has 0 aliphatic carbocycles. The van der Waals surface area contributed by atoms with E-state index in [-0.39, 0.29) is 0 Å². The van der Waals surface area contributed by atoms with Crippen LogP contribution in [0.5, 0.6) is 5.88 Å². The van der Waals surface area contributed by atoms with Crippen molar-refractivity contribution in [2.24, 2.45) is 0 Å². The van der Waals surface area contributed by atoms with Gasteiger partial charge in [0.15, 0.2) is 0 Å². The van der Waals surface area contributed by atoms with E-state index in [0.717, 1.165) is 10.3 Å². The SMILES string of the molecule is COc1cn2c(Br)cccc2n1. The minimum atomic E-state index is 0.627. The van der Waals surface area contributed by atoms with Crippen LogP contribution in [0, 0.1) is 0 Å². The smallest absolute Gasteiger partial charge is 0.232 e. The summed E-state index contributed by atoms with van der Waals surface area (Å²) in [6, 6.07) is 5.81. The van der Waals surface area contributed by atoms with E-state index in [2.05, 4.69) is 20.9 Å². The normalized spacial score (nSPS) is 10.5. The average Bonchev–Trinajstić information content (AvgIpc) is 2.49. The van der Waals surface area contributed by atoms with Crippen molar-refractivity contribution in [3.8, 4) is 5.88 Å². The molecule has 3 nitrogen and oxygen atoms in total. The minimum absolute atomic E-state index is 0.627. The van der Waals surface area contributed by atoms with E-state index in [1.807, 2.05) is 28.8 Å². The number of hydrogen-bond donors (Lipinski definition) is 0. The zero-order valence-electron chi connectivity index (χ0n) is 6.49. The largest absolute Gasteiger partial charge is 0.480 e. The summed E-state index contributed by atoms with van der Waals surface area (Å²) in [5.74, 6) is 0.627. The molecule has 0 fully saturated rings. The molecule has 4 heteroatoms. The van der Waals surface area contributed by atoms with Crippen LogP contribution in [-0.4, -0.2) is 16.5 Å². The second-order valence-electron chi connectivity index (χ2n) is 2.36. The van der Waals surface area contributed by atoms with Gasteiger partial charge >= 0.3 is 0 Å². The Kier molecular flexibility index (Phi) is 1.77. The molecule has 0 saturated carbocycles. The Hall–Kier alpha value is -1.03. The second-order valence-corrected chi connectivity index (χ2v) is 3.17. The quantitative estimate of drug-likeness (QED) is 0.697. The lowest BCUT2D eigenvalue weighted by Gasteiger charge is -1.93. The van der Waals surface area contributed by atoms with Gasteiger partial charge in [0.1, 0.15) is 5.65 Å². The molecule has 2 aromatic heterocycles. The van der Waals surface area contributed by atoms with Crippen LogP contribution >= 0.6 is 15.9 Å². The van der Waals surface area contributed by atoms with Crippen LogP contribution in [0.2, 0.25) is 0 Å². The summed E-state index contributed by atoms with van der Waals surface area (Å²) in [5, 5.41) is 0. The Bertz CT molecular complexity index is 410. The van der Waals surface area contributed by atoms with Gasteiger partial charge in [0.2, 0.25) is 5.88 Å². The number of imidazole rings is 1. The molecule has 0 aliphatic rings. The van der Waals surface area contributed by atoms with Crippen LogP contribution in [0.25, 0.3) is 5.65 Å². The maximum atomic E-state index is 5.00. The molecule has 0 N–H and O–H groups in total. The summed E-state index contributed by atoms with van der Waals surface area (Å²) in [4.78, 5) is 4.20. The van der Waals surface area contributed by atoms with Gasteiger partial charge in [-0.3, -0.25) is 4.40 Å². The molecule has 2 heterocycles. The van der Waals surface area contributed by atoms with Crippen molar-refractivity contribution in [2.75, 3.05) is 7.11 Å². The lowest BCUT2D eigenvalue weighted by atomic mass is 10.5. The van der Waals surface area contributed by atoms with Gasteiger partial charge in [-0.05, 0) is 28.1 Å². The van der Waals surface area contributed by atoms with Gasteiger partial charge in [0.05, 0.1) is 17.9 Å². The lowest BCUT2D eigenvalue weighted by Crippen LogP contribution is -1.82. The molecule has 0 atom stereocenters. The van der Waals surface area contributed by atoms with Crippen LogP contribution in [0.1, 0.15) is 0 Å². The van der Waals surface area contributed by atoms with E-state index in [4.69, 9.17) is 4.74 Å². The fourth-order valence-corrected chi connectivity index (χ4v) is 1.49. The van der Waals surface area contributed by atoms with E-state index >= 15 is 0 Å². The Morgan fingerprint density at radius 2 is 2.33 bits per heavy atom. The molecule has 62 valence electrons. The molecular weight excluding hydrogens is 220 g/mol. The Morgan fingerprint density at radius 1 is 1.50 bits per heavy atom. The number of hydrogen-bond acceptors (Lipinski definition) is 2. The van der Waals surface area contributed by atoms with Crippen molar-refractivity contribution in [1.82, 2.24) is 9.38 Å². The summed E-state index contributed by atoms with van der Waals surface area (Å²) in [6.45, 7) is 0. The number of aromatic nitrogens is 2. The molecule has 0 radical (unpaired) electrons. The lowest BCUT2D eigenvalue weighted by molar-refractivity contribution is 0.400. The number of ether oxygens (including phenoxy) is 1. The average molecular weight is 227 g/mol. The zero-order valence-corrected chi connectivity index (χ0v) is 8.08. The summed E-state index contributed by atoms with van der Waals surface area (Å²) in [5.41, 5.74) is 0.876. The molecule has 12 heavy (non-hydrogen) atoms. The van der Waals surface area contributed by atoms with Gasteiger partial charge in [-0.1, -0.05) is 6.07 Å². The maximum Gasteiger partial charge on any atom is 0.232 e. The first-order valence-electron chi connectivity index (χ1n) is 3.49. The predicted octanol–water partition coefficient (Wildman–Crippen LogP) is 2.11. The third-order valence-corrected chi connectivity index (χ3v) is 2.28. The molecule has 2 rings (SSSR count). The van der Waals surface area contributed by atoms with Gasteiger partial charge in [-0.2, -0.15) is 4.98 Å². The van der Waals surface area contributed by atoms with Crippen molar-refractivity contribution < 1.29 is 4.74 Å². The summed E-state index contributed by atoms with van der Waals surface area (Å²) in [6.07, 6.45) is 1.83. The molecular formula is C8H7BrN2O. The van der Waals surface area contributed by atoms with E-state index in [0.29, 0.717) is 5.88 Å². The predicted molar refractivity (Wildman–Crippen MR) is 49.4 cm³/mol. The number of nitrogens with zero attached hydrogens (tertiary/aromatic N) is 2. The van der Waals surface area contributed by atoms with E-state index in [1.165, 1.54) is 0 Å². The molecule has 0 amide bonds. The summed E-state index contributed by atoms with van der Waals surface area (Å²) >= 11 is 3.41. The second kappa shape index (κ2) is 2.79. The van der Waals surface area contributed by atoms with Crippen LogP contribution in [0.3, 0.4) is 0 Å². The first kappa shape index (κ1) is 7.61. The van der Waals surface area contributed by atoms with Crippen LogP contribution in [0.4, 0.5) is 0 Å². The highest BCUT2D eigenvalue weighted by Gasteiger charge is 2.01. The highest BCUT2D eigenvalue weighted by molar-refractivity contribution is 9.10. The van der Waals surface area contributed by atoms with Gasteiger partial charge in [-0.25, -0.2) is 0 Å². The number of methoxy groups -OCH3 is 1. The fourth-order valence-electron chi connectivity index (χ4n) is 1.05. The number of halogens is 1. The van der Waals surface area contributed by atoms with Gasteiger partial charge in [0.25, 0.3) is 0 Å². The summed E-state index contributed by atoms with van der Waals surface area (Å²) in [7, 11) is 1.61. The topological polar surface area (TPSA) is 26.5 Å². The molecule has 0 aromatic carbocycles. The van der Waals surface area contributed by atoms with Crippen molar-refractivity contribution in [3.63, 3.8) is 0 Å². The third-order valence-electron chi connectivity index (χ3n) is 1.63. The van der Waals surface area contributed by atoms with Gasteiger partial charge < -0.3 is 4.74 Å². The summed E-state index contributed by atoms with van der Waals surface area (Å²) < 4.78 is 7.89. The molecule has 2 aromatic rings.